The van der Waals surface area contributed by atoms with Gasteiger partial charge in [-0.2, -0.15) is 0 Å². The summed E-state index contributed by atoms with van der Waals surface area (Å²) >= 11 is 0. The third-order valence-corrected chi connectivity index (χ3v) is 4.65. The minimum atomic E-state index is -0.501. The Morgan fingerprint density at radius 1 is 1.30 bits per heavy atom. The highest BCUT2D eigenvalue weighted by Crippen LogP contribution is 2.31. The summed E-state index contributed by atoms with van der Waals surface area (Å²) in [6, 6.07) is 8.34. The molecule has 1 aliphatic carbocycles. The van der Waals surface area contributed by atoms with E-state index in [2.05, 4.69) is 41.6 Å². The molecule has 0 atom stereocenters. The summed E-state index contributed by atoms with van der Waals surface area (Å²) in [5, 5.41) is 15.3. The van der Waals surface area contributed by atoms with Crippen molar-refractivity contribution in [1.82, 2.24) is 10.3 Å². The van der Waals surface area contributed by atoms with E-state index in [1.165, 1.54) is 16.5 Å². The van der Waals surface area contributed by atoms with Crippen molar-refractivity contribution in [2.75, 3.05) is 6.54 Å². The lowest BCUT2D eigenvalue weighted by Crippen LogP contribution is -2.43. The number of para-hydroxylation sites is 1. The van der Waals surface area contributed by atoms with Crippen molar-refractivity contribution >= 4 is 10.9 Å². The van der Waals surface area contributed by atoms with Gasteiger partial charge in [-0.05, 0) is 43.2 Å². The first-order valence-electron chi connectivity index (χ1n) is 7.64. The molecule has 1 aromatic carbocycles. The quantitative estimate of drug-likeness (QED) is 0.800. The fourth-order valence-corrected chi connectivity index (χ4v) is 3.18. The van der Waals surface area contributed by atoms with E-state index in [0.717, 1.165) is 38.1 Å². The maximum Gasteiger partial charge on any atom is 0.0771 e. The van der Waals surface area contributed by atoms with E-state index in [9.17, 15) is 5.11 Å². The van der Waals surface area contributed by atoms with E-state index in [1.54, 1.807) is 0 Å². The first kappa shape index (κ1) is 13.7. The highest BCUT2D eigenvalue weighted by molar-refractivity contribution is 5.82. The summed E-state index contributed by atoms with van der Waals surface area (Å²) < 4.78 is 0. The molecule has 0 unspecified atom stereocenters. The van der Waals surface area contributed by atoms with Gasteiger partial charge in [0.15, 0.2) is 0 Å². The second-order valence-corrected chi connectivity index (χ2v) is 6.37. The third-order valence-electron chi connectivity index (χ3n) is 4.65. The normalized spacial score (nSPS) is 27.0. The van der Waals surface area contributed by atoms with Crippen molar-refractivity contribution in [1.29, 1.82) is 0 Å². The van der Waals surface area contributed by atoms with E-state index in [1.807, 2.05) is 6.07 Å². The van der Waals surface area contributed by atoms with Gasteiger partial charge in [0.2, 0.25) is 0 Å². The number of aliphatic hydroxyl groups is 1. The number of hydrogen-bond donors (Lipinski definition) is 3. The van der Waals surface area contributed by atoms with Gasteiger partial charge in [0.25, 0.3) is 0 Å². The van der Waals surface area contributed by atoms with Crippen LogP contribution in [0.3, 0.4) is 0 Å². The lowest BCUT2D eigenvalue weighted by molar-refractivity contribution is -0.00628. The van der Waals surface area contributed by atoms with Crippen molar-refractivity contribution in [2.24, 2.45) is 5.92 Å². The monoisotopic (exact) mass is 272 g/mol. The Kier molecular flexibility index (Phi) is 3.81. The number of benzene rings is 1. The number of hydrogen-bond acceptors (Lipinski definition) is 2. The predicted octanol–water partition coefficient (Wildman–Crippen LogP) is 3.20. The van der Waals surface area contributed by atoms with Crippen LogP contribution in [0, 0.1) is 5.92 Å². The Bertz CT molecular complexity index is 567. The second-order valence-electron chi connectivity index (χ2n) is 6.37. The van der Waals surface area contributed by atoms with Crippen molar-refractivity contribution in [2.45, 2.75) is 44.8 Å². The van der Waals surface area contributed by atoms with E-state index >= 15 is 0 Å². The van der Waals surface area contributed by atoms with Gasteiger partial charge in [-0.15, -0.1) is 0 Å². The zero-order valence-corrected chi connectivity index (χ0v) is 12.2. The van der Waals surface area contributed by atoms with Crippen LogP contribution < -0.4 is 5.32 Å². The number of aromatic amines is 1. The summed E-state index contributed by atoms with van der Waals surface area (Å²) in [4.78, 5) is 3.29. The highest BCUT2D eigenvalue weighted by Gasteiger charge is 2.31. The average molecular weight is 272 g/mol. The Balaban J connectivity index is 1.57. The summed E-state index contributed by atoms with van der Waals surface area (Å²) in [5.74, 6) is 0.767. The Morgan fingerprint density at radius 2 is 2.05 bits per heavy atom. The van der Waals surface area contributed by atoms with Crippen molar-refractivity contribution in [3.63, 3.8) is 0 Å². The SMILES string of the molecule is CC1CCC(O)(CNCc2c[nH]c3ccccc23)CC1. The fourth-order valence-electron chi connectivity index (χ4n) is 3.18. The van der Waals surface area contributed by atoms with Crippen molar-refractivity contribution < 1.29 is 5.11 Å². The van der Waals surface area contributed by atoms with Crippen molar-refractivity contribution in [3.05, 3.63) is 36.0 Å². The van der Waals surface area contributed by atoms with E-state index in [4.69, 9.17) is 0 Å². The van der Waals surface area contributed by atoms with Gasteiger partial charge in [-0.3, -0.25) is 0 Å². The van der Waals surface area contributed by atoms with Crippen LogP contribution in [-0.2, 0) is 6.54 Å². The molecule has 0 aliphatic heterocycles. The van der Waals surface area contributed by atoms with Gasteiger partial charge in [-0.1, -0.05) is 25.1 Å². The number of nitrogens with one attached hydrogen (secondary N) is 2. The van der Waals surface area contributed by atoms with Gasteiger partial charge >= 0.3 is 0 Å². The lowest BCUT2D eigenvalue weighted by atomic mass is 9.79. The smallest absolute Gasteiger partial charge is 0.0771 e. The van der Waals surface area contributed by atoms with Crippen LogP contribution in [0.5, 0.6) is 0 Å². The summed E-state index contributed by atoms with van der Waals surface area (Å²) in [6.07, 6.45) is 6.20. The first-order valence-corrected chi connectivity index (χ1v) is 7.64. The summed E-state index contributed by atoms with van der Waals surface area (Å²) in [6.45, 7) is 3.78. The average Bonchev–Trinajstić information content (AvgIpc) is 2.86. The van der Waals surface area contributed by atoms with Crippen LogP contribution in [0.4, 0.5) is 0 Å². The minimum Gasteiger partial charge on any atom is -0.389 e. The molecule has 1 fully saturated rings. The molecule has 3 heteroatoms. The standard InChI is InChI=1S/C17H24N2O/c1-13-6-8-17(20,9-7-13)12-18-10-14-11-19-16-5-3-2-4-15(14)16/h2-5,11,13,18-20H,6-10,12H2,1H3. The summed E-state index contributed by atoms with van der Waals surface area (Å²) in [7, 11) is 0. The number of fused-ring (bicyclic) bond motifs is 1. The molecule has 2 aromatic rings. The molecule has 0 spiro atoms. The zero-order valence-electron chi connectivity index (χ0n) is 12.2. The Labute approximate surface area is 120 Å². The van der Waals surface area contributed by atoms with Gasteiger partial charge in [0.1, 0.15) is 0 Å². The molecule has 0 saturated heterocycles. The minimum absolute atomic E-state index is 0.501. The Hall–Kier alpha value is -1.32. The van der Waals surface area contributed by atoms with E-state index in [0.29, 0.717) is 6.54 Å². The zero-order chi connectivity index (χ0) is 14.0. The van der Waals surface area contributed by atoms with Crippen LogP contribution >= 0.6 is 0 Å². The van der Waals surface area contributed by atoms with Gasteiger partial charge in [0, 0.05) is 30.2 Å². The first-order chi connectivity index (χ1) is 9.66. The Morgan fingerprint density at radius 3 is 2.85 bits per heavy atom. The molecule has 1 aromatic heterocycles. The lowest BCUT2D eigenvalue weighted by Gasteiger charge is -2.35. The molecule has 1 heterocycles. The maximum absolute atomic E-state index is 10.6. The molecular weight excluding hydrogens is 248 g/mol. The third kappa shape index (κ3) is 2.89. The van der Waals surface area contributed by atoms with Crippen molar-refractivity contribution in [3.8, 4) is 0 Å². The van der Waals surface area contributed by atoms with Crippen LogP contribution in [0.1, 0.15) is 38.2 Å². The molecule has 108 valence electrons. The van der Waals surface area contributed by atoms with Gasteiger partial charge in [0.05, 0.1) is 5.60 Å². The molecule has 0 bridgehead atoms. The van der Waals surface area contributed by atoms with E-state index < -0.39 is 5.60 Å². The molecule has 0 radical (unpaired) electrons. The largest absolute Gasteiger partial charge is 0.389 e. The maximum atomic E-state index is 10.6. The van der Waals surface area contributed by atoms with E-state index in [-0.39, 0.29) is 0 Å². The predicted molar refractivity (Wildman–Crippen MR) is 82.6 cm³/mol. The molecular formula is C17H24N2O. The highest BCUT2D eigenvalue weighted by atomic mass is 16.3. The molecule has 3 N–H and O–H groups in total. The molecule has 3 rings (SSSR count). The van der Waals surface area contributed by atoms with Crippen LogP contribution in [0.25, 0.3) is 10.9 Å². The molecule has 1 aliphatic rings. The van der Waals surface area contributed by atoms with Gasteiger partial charge in [-0.25, -0.2) is 0 Å². The van der Waals surface area contributed by atoms with Crippen LogP contribution in [-0.4, -0.2) is 22.2 Å². The fraction of sp³-hybridized carbons (Fsp3) is 0.529. The topological polar surface area (TPSA) is 48.0 Å². The molecule has 1 saturated carbocycles. The molecule has 20 heavy (non-hydrogen) atoms. The number of rotatable bonds is 4. The number of aromatic nitrogens is 1. The van der Waals surface area contributed by atoms with Crippen LogP contribution in [0.15, 0.2) is 30.5 Å². The second kappa shape index (κ2) is 5.58. The number of H-pyrrole nitrogens is 1. The van der Waals surface area contributed by atoms with Crippen LogP contribution in [0.2, 0.25) is 0 Å². The van der Waals surface area contributed by atoms with Gasteiger partial charge < -0.3 is 15.4 Å². The molecule has 3 nitrogen and oxygen atoms in total. The summed E-state index contributed by atoms with van der Waals surface area (Å²) in [5.41, 5.74) is 1.95. The molecule has 0 amide bonds.